The Labute approximate surface area is 108 Å². The monoisotopic (exact) mass is 264 g/mol. The van der Waals surface area contributed by atoms with E-state index in [4.69, 9.17) is 4.74 Å². The minimum Gasteiger partial charge on any atom is -0.473 e. The molecular formula is C12H12N2O5. The highest BCUT2D eigenvalue weighted by atomic mass is 16.6. The zero-order chi connectivity index (χ0) is 13.8. The van der Waals surface area contributed by atoms with Gasteiger partial charge in [0.2, 0.25) is 5.91 Å². The number of benzene rings is 1. The summed E-state index contributed by atoms with van der Waals surface area (Å²) < 4.78 is 5.38. The molecule has 2 rings (SSSR count). The highest BCUT2D eigenvalue weighted by Crippen LogP contribution is 2.28. The van der Waals surface area contributed by atoms with Gasteiger partial charge < -0.3 is 4.74 Å². The standard InChI is InChI=1S/C12H12N2O5/c15-11-7-3-6-10(12(16)13-11)19-9-5-2-1-4-8(9)14(17)18/h1-2,4-5,10H,3,6-7H2,(H,13,15,16). The minimum absolute atomic E-state index is 0.0296. The Morgan fingerprint density at radius 1 is 1.32 bits per heavy atom. The number of hydrogen-bond donors (Lipinski definition) is 1. The van der Waals surface area contributed by atoms with E-state index in [1.165, 1.54) is 18.2 Å². The van der Waals surface area contributed by atoms with Crippen LogP contribution in [0.4, 0.5) is 5.69 Å². The van der Waals surface area contributed by atoms with E-state index >= 15 is 0 Å². The predicted octanol–water partition coefficient (Wildman–Crippen LogP) is 1.17. The predicted molar refractivity (Wildman–Crippen MR) is 64.5 cm³/mol. The number of para-hydroxylation sites is 2. The van der Waals surface area contributed by atoms with E-state index in [9.17, 15) is 19.7 Å². The van der Waals surface area contributed by atoms with Crippen LogP contribution >= 0.6 is 0 Å². The number of hydrogen-bond acceptors (Lipinski definition) is 5. The number of carbonyl (C=O) groups is 2. The Kier molecular flexibility index (Phi) is 3.74. The fourth-order valence-electron chi connectivity index (χ4n) is 1.83. The van der Waals surface area contributed by atoms with Crippen molar-refractivity contribution in [3.05, 3.63) is 34.4 Å². The van der Waals surface area contributed by atoms with Crippen molar-refractivity contribution < 1.29 is 19.2 Å². The fourth-order valence-corrected chi connectivity index (χ4v) is 1.83. The highest BCUT2D eigenvalue weighted by Gasteiger charge is 2.28. The first-order valence-electron chi connectivity index (χ1n) is 5.81. The van der Waals surface area contributed by atoms with E-state index in [0.29, 0.717) is 12.8 Å². The Hall–Kier alpha value is -2.44. The SMILES string of the molecule is O=C1CCCC(Oc2ccccc2[N+](=O)[O-])C(=O)N1. The summed E-state index contributed by atoms with van der Waals surface area (Å²) in [7, 11) is 0. The van der Waals surface area contributed by atoms with Crippen LogP contribution in [-0.2, 0) is 9.59 Å². The second kappa shape index (κ2) is 5.47. The van der Waals surface area contributed by atoms with Crippen LogP contribution in [-0.4, -0.2) is 22.8 Å². The lowest BCUT2D eigenvalue weighted by atomic mass is 10.2. The second-order valence-electron chi connectivity index (χ2n) is 4.14. The van der Waals surface area contributed by atoms with E-state index in [1.54, 1.807) is 6.07 Å². The van der Waals surface area contributed by atoms with Crippen LogP contribution in [0.25, 0.3) is 0 Å². The van der Waals surface area contributed by atoms with Gasteiger partial charge in [-0.05, 0) is 18.9 Å². The number of ether oxygens (including phenoxy) is 1. The lowest BCUT2D eigenvalue weighted by molar-refractivity contribution is -0.386. The van der Waals surface area contributed by atoms with Gasteiger partial charge in [-0.2, -0.15) is 0 Å². The molecule has 1 fully saturated rings. The van der Waals surface area contributed by atoms with Crippen LogP contribution in [0, 0.1) is 10.1 Å². The molecule has 1 aliphatic heterocycles. The Morgan fingerprint density at radius 2 is 2.05 bits per heavy atom. The molecule has 1 heterocycles. The summed E-state index contributed by atoms with van der Waals surface area (Å²) in [5, 5.41) is 13.0. The summed E-state index contributed by atoms with van der Waals surface area (Å²) in [6.07, 6.45) is 0.224. The van der Waals surface area contributed by atoms with Crippen molar-refractivity contribution in [2.75, 3.05) is 0 Å². The van der Waals surface area contributed by atoms with Crippen LogP contribution in [0.1, 0.15) is 19.3 Å². The average Bonchev–Trinajstić information content (AvgIpc) is 2.52. The molecule has 1 saturated heterocycles. The molecule has 1 aliphatic rings. The summed E-state index contributed by atoms with van der Waals surface area (Å²) >= 11 is 0. The summed E-state index contributed by atoms with van der Waals surface area (Å²) in [6, 6.07) is 5.83. The van der Waals surface area contributed by atoms with Gasteiger partial charge in [0.25, 0.3) is 5.91 Å². The number of carbonyl (C=O) groups excluding carboxylic acids is 2. The van der Waals surface area contributed by atoms with Gasteiger partial charge in [-0.25, -0.2) is 0 Å². The molecule has 100 valence electrons. The molecule has 0 saturated carbocycles. The normalized spacial score (nSPS) is 19.5. The summed E-state index contributed by atoms with van der Waals surface area (Å²) in [5.74, 6) is -0.874. The first-order valence-corrected chi connectivity index (χ1v) is 5.81. The first kappa shape index (κ1) is 13.0. The van der Waals surface area contributed by atoms with Crippen LogP contribution < -0.4 is 10.1 Å². The fraction of sp³-hybridized carbons (Fsp3) is 0.333. The molecule has 0 aliphatic carbocycles. The number of nitro benzene ring substituents is 1. The van der Waals surface area contributed by atoms with Crippen molar-refractivity contribution in [3.8, 4) is 5.75 Å². The molecule has 1 unspecified atom stereocenters. The van der Waals surface area contributed by atoms with Crippen molar-refractivity contribution in [1.29, 1.82) is 0 Å². The number of nitrogens with one attached hydrogen (secondary N) is 1. The number of amides is 2. The Bertz CT molecular complexity index is 529. The topological polar surface area (TPSA) is 98.5 Å². The molecule has 1 atom stereocenters. The maximum absolute atomic E-state index is 11.7. The van der Waals surface area contributed by atoms with E-state index in [-0.39, 0.29) is 23.8 Å². The van der Waals surface area contributed by atoms with E-state index in [1.807, 2.05) is 0 Å². The second-order valence-corrected chi connectivity index (χ2v) is 4.14. The molecule has 1 aromatic rings. The van der Waals surface area contributed by atoms with Gasteiger partial charge in [0, 0.05) is 12.5 Å². The van der Waals surface area contributed by atoms with Crippen LogP contribution in [0.3, 0.4) is 0 Å². The number of nitro groups is 1. The lowest BCUT2D eigenvalue weighted by Gasteiger charge is -2.15. The van der Waals surface area contributed by atoms with Gasteiger partial charge in [0.15, 0.2) is 11.9 Å². The molecular weight excluding hydrogens is 252 g/mol. The Morgan fingerprint density at radius 3 is 2.79 bits per heavy atom. The number of rotatable bonds is 3. The van der Waals surface area contributed by atoms with Crippen molar-refractivity contribution >= 4 is 17.5 Å². The van der Waals surface area contributed by atoms with E-state index in [0.717, 1.165) is 0 Å². The molecule has 0 bridgehead atoms. The van der Waals surface area contributed by atoms with Gasteiger partial charge in [0.1, 0.15) is 0 Å². The molecule has 0 aromatic heterocycles. The van der Waals surface area contributed by atoms with Gasteiger partial charge in [-0.3, -0.25) is 25.0 Å². The molecule has 0 radical (unpaired) electrons. The minimum atomic E-state index is -0.882. The van der Waals surface area contributed by atoms with Crippen LogP contribution in [0.2, 0.25) is 0 Å². The lowest BCUT2D eigenvalue weighted by Crippen LogP contribution is -2.39. The van der Waals surface area contributed by atoms with Gasteiger partial charge in [-0.1, -0.05) is 12.1 Å². The Balaban J connectivity index is 2.18. The quantitative estimate of drug-likeness (QED) is 0.502. The maximum atomic E-state index is 11.7. The molecule has 7 nitrogen and oxygen atoms in total. The summed E-state index contributed by atoms with van der Waals surface area (Å²) in [6.45, 7) is 0. The molecule has 19 heavy (non-hydrogen) atoms. The molecule has 1 aromatic carbocycles. The van der Waals surface area contributed by atoms with Crippen molar-refractivity contribution in [3.63, 3.8) is 0 Å². The summed E-state index contributed by atoms with van der Waals surface area (Å²) in [5.41, 5.74) is -0.203. The molecule has 7 heteroatoms. The third-order valence-corrected chi connectivity index (χ3v) is 2.76. The molecule has 2 amide bonds. The molecule has 0 spiro atoms. The zero-order valence-corrected chi connectivity index (χ0v) is 10.00. The average molecular weight is 264 g/mol. The van der Waals surface area contributed by atoms with Crippen molar-refractivity contribution in [2.45, 2.75) is 25.4 Å². The van der Waals surface area contributed by atoms with Crippen molar-refractivity contribution in [1.82, 2.24) is 5.32 Å². The van der Waals surface area contributed by atoms with Crippen LogP contribution in [0.5, 0.6) is 5.75 Å². The third kappa shape index (κ3) is 3.06. The van der Waals surface area contributed by atoms with E-state index in [2.05, 4.69) is 5.32 Å². The van der Waals surface area contributed by atoms with Gasteiger partial charge in [0.05, 0.1) is 4.92 Å². The van der Waals surface area contributed by atoms with Crippen LogP contribution in [0.15, 0.2) is 24.3 Å². The first-order chi connectivity index (χ1) is 9.08. The maximum Gasteiger partial charge on any atom is 0.310 e. The molecule has 1 N–H and O–H groups in total. The highest BCUT2D eigenvalue weighted by molar-refractivity contribution is 5.98. The third-order valence-electron chi connectivity index (χ3n) is 2.76. The van der Waals surface area contributed by atoms with Gasteiger partial charge >= 0.3 is 5.69 Å². The zero-order valence-electron chi connectivity index (χ0n) is 10.00. The van der Waals surface area contributed by atoms with Crippen molar-refractivity contribution in [2.24, 2.45) is 0 Å². The summed E-state index contributed by atoms with van der Waals surface area (Å²) in [4.78, 5) is 33.1. The largest absolute Gasteiger partial charge is 0.473 e. The number of nitrogens with zero attached hydrogens (tertiary/aromatic N) is 1. The number of imide groups is 1. The van der Waals surface area contributed by atoms with E-state index < -0.39 is 16.9 Å². The smallest absolute Gasteiger partial charge is 0.310 e. The van der Waals surface area contributed by atoms with Gasteiger partial charge in [-0.15, -0.1) is 0 Å².